The van der Waals surface area contributed by atoms with Gasteiger partial charge in [-0.2, -0.15) is 0 Å². The van der Waals surface area contributed by atoms with E-state index in [0.717, 1.165) is 15.6 Å². The molecule has 9 heteroatoms. The number of fused-ring (bicyclic) bond motifs is 1. The third-order valence-corrected chi connectivity index (χ3v) is 7.17. The number of hydrogen-bond donors (Lipinski definition) is 0. The fourth-order valence-corrected chi connectivity index (χ4v) is 5.25. The second-order valence-electron chi connectivity index (χ2n) is 7.12. The lowest BCUT2D eigenvalue weighted by molar-refractivity contribution is -0.113. The van der Waals surface area contributed by atoms with Crippen LogP contribution in [0.4, 0.5) is 5.69 Å². The number of halogens is 2. The van der Waals surface area contributed by atoms with E-state index in [2.05, 4.69) is 15.9 Å². The molecule has 0 unspecified atom stereocenters. The summed E-state index contributed by atoms with van der Waals surface area (Å²) in [5, 5.41) is 0.640. The molecule has 5 nitrogen and oxygen atoms in total. The van der Waals surface area contributed by atoms with Gasteiger partial charge < -0.3 is 14.2 Å². The first-order valence-electron chi connectivity index (χ1n) is 9.83. The summed E-state index contributed by atoms with van der Waals surface area (Å²) in [6.45, 7) is 0.469. The summed E-state index contributed by atoms with van der Waals surface area (Å²) in [5.74, 6) is 1.66. The molecule has 1 fully saturated rings. The van der Waals surface area contributed by atoms with Crippen LogP contribution in [-0.2, 0) is 11.4 Å². The molecule has 2 heterocycles. The summed E-state index contributed by atoms with van der Waals surface area (Å²) in [5.41, 5.74) is 2.26. The van der Waals surface area contributed by atoms with Gasteiger partial charge in [0, 0.05) is 26.7 Å². The van der Waals surface area contributed by atoms with E-state index < -0.39 is 0 Å². The summed E-state index contributed by atoms with van der Waals surface area (Å²) < 4.78 is 18.1. The molecule has 0 aromatic heterocycles. The summed E-state index contributed by atoms with van der Waals surface area (Å²) in [6, 6.07) is 18.5. The van der Waals surface area contributed by atoms with Gasteiger partial charge in [0.25, 0.3) is 5.91 Å². The van der Waals surface area contributed by atoms with Gasteiger partial charge in [-0.15, -0.1) is 0 Å². The van der Waals surface area contributed by atoms with Crippen LogP contribution >= 0.6 is 51.5 Å². The van der Waals surface area contributed by atoms with Crippen molar-refractivity contribution >= 4 is 73.5 Å². The van der Waals surface area contributed by atoms with E-state index in [1.54, 1.807) is 24.3 Å². The van der Waals surface area contributed by atoms with Crippen LogP contribution in [0.25, 0.3) is 6.08 Å². The highest BCUT2D eigenvalue weighted by Gasteiger charge is 2.34. The van der Waals surface area contributed by atoms with Crippen LogP contribution in [0.5, 0.6) is 17.2 Å². The average molecular weight is 561 g/mol. The Bertz CT molecular complexity index is 1310. The van der Waals surface area contributed by atoms with Crippen LogP contribution in [-0.4, -0.2) is 17.0 Å². The normalized spacial score (nSPS) is 16.1. The Morgan fingerprint density at radius 1 is 1.12 bits per heavy atom. The number of nitrogens with zero attached hydrogens (tertiary/aromatic N) is 1. The number of carbonyl (C=O) groups excluding carboxylic acids is 1. The molecule has 1 amide bonds. The van der Waals surface area contributed by atoms with Gasteiger partial charge in [-0.25, -0.2) is 0 Å². The summed E-state index contributed by atoms with van der Waals surface area (Å²) in [7, 11) is 0. The van der Waals surface area contributed by atoms with Crippen molar-refractivity contribution in [3.63, 3.8) is 0 Å². The summed E-state index contributed by atoms with van der Waals surface area (Å²) in [4.78, 5) is 15.2. The van der Waals surface area contributed by atoms with E-state index in [1.165, 1.54) is 16.7 Å². The smallest absolute Gasteiger partial charge is 0.270 e. The van der Waals surface area contributed by atoms with E-state index in [-0.39, 0.29) is 12.7 Å². The van der Waals surface area contributed by atoms with Crippen molar-refractivity contribution in [3.05, 3.63) is 86.2 Å². The van der Waals surface area contributed by atoms with Gasteiger partial charge in [0.05, 0.1) is 10.6 Å². The number of thioether (sulfide) groups is 1. The number of rotatable bonds is 5. The molecule has 2 aliphatic rings. The van der Waals surface area contributed by atoms with Gasteiger partial charge >= 0.3 is 0 Å². The molecule has 1 saturated heterocycles. The third kappa shape index (κ3) is 4.61. The van der Waals surface area contributed by atoms with E-state index >= 15 is 0 Å². The van der Waals surface area contributed by atoms with Crippen molar-refractivity contribution < 1.29 is 19.0 Å². The number of amides is 1. The molecule has 0 aliphatic carbocycles. The largest absolute Gasteiger partial charge is 0.488 e. The molecule has 0 saturated carbocycles. The monoisotopic (exact) mass is 559 g/mol. The van der Waals surface area contributed by atoms with E-state index in [0.29, 0.717) is 43.8 Å². The first-order chi connectivity index (χ1) is 16.0. The second kappa shape index (κ2) is 9.38. The van der Waals surface area contributed by atoms with Crippen LogP contribution < -0.4 is 19.1 Å². The Morgan fingerprint density at radius 3 is 2.79 bits per heavy atom. The molecular formula is C24H15BrClNO4S2. The SMILES string of the molecule is O=C1/C(=C\c2cc(Br)ccc2OCc2ccccc2Cl)SC(=S)N1c1ccc2c(c1)OCO2. The standard InChI is InChI=1S/C24H15BrClNO4S2/c25-16-5-7-19(29-12-14-3-1-2-4-18(14)26)15(9-16)10-22-23(28)27(24(32)33-22)17-6-8-20-21(11-17)31-13-30-20/h1-11H,12-13H2/b22-10+. The molecule has 0 N–H and O–H groups in total. The number of thiocarbonyl (C=S) groups is 1. The Morgan fingerprint density at radius 2 is 1.94 bits per heavy atom. The number of anilines is 1. The van der Waals surface area contributed by atoms with E-state index in [1.807, 2.05) is 42.5 Å². The van der Waals surface area contributed by atoms with Gasteiger partial charge in [-0.3, -0.25) is 9.69 Å². The molecule has 0 atom stereocenters. The quantitative estimate of drug-likeness (QED) is 0.252. The predicted molar refractivity (Wildman–Crippen MR) is 138 cm³/mol. The van der Waals surface area contributed by atoms with Crippen LogP contribution in [0, 0.1) is 0 Å². The molecule has 0 bridgehead atoms. The van der Waals surface area contributed by atoms with Crippen LogP contribution in [0.3, 0.4) is 0 Å². The maximum Gasteiger partial charge on any atom is 0.270 e. The minimum absolute atomic E-state index is 0.164. The molecule has 0 radical (unpaired) electrons. The number of hydrogen-bond acceptors (Lipinski definition) is 6. The van der Waals surface area contributed by atoms with Crippen molar-refractivity contribution in [1.82, 2.24) is 0 Å². The van der Waals surface area contributed by atoms with Crippen LogP contribution in [0.1, 0.15) is 11.1 Å². The molecule has 166 valence electrons. The summed E-state index contributed by atoms with van der Waals surface area (Å²) >= 11 is 16.5. The van der Waals surface area contributed by atoms with Crippen LogP contribution in [0.15, 0.2) is 70.0 Å². The minimum Gasteiger partial charge on any atom is -0.488 e. The first-order valence-corrected chi connectivity index (χ1v) is 12.2. The highest BCUT2D eigenvalue weighted by Crippen LogP contribution is 2.41. The van der Waals surface area contributed by atoms with Gasteiger partial charge in [0.2, 0.25) is 6.79 Å². The van der Waals surface area contributed by atoms with Gasteiger partial charge in [0.15, 0.2) is 15.8 Å². The van der Waals surface area contributed by atoms with Crippen molar-refractivity contribution in [2.75, 3.05) is 11.7 Å². The predicted octanol–water partition coefficient (Wildman–Crippen LogP) is 6.82. The molecule has 0 spiro atoms. The Hall–Kier alpha value is -2.52. The zero-order valence-corrected chi connectivity index (χ0v) is 20.9. The lowest BCUT2D eigenvalue weighted by atomic mass is 10.1. The zero-order valence-electron chi connectivity index (χ0n) is 16.9. The highest BCUT2D eigenvalue weighted by atomic mass is 79.9. The van der Waals surface area contributed by atoms with Crippen molar-refractivity contribution in [1.29, 1.82) is 0 Å². The van der Waals surface area contributed by atoms with Crippen molar-refractivity contribution in [3.8, 4) is 17.2 Å². The van der Waals surface area contributed by atoms with Crippen LogP contribution in [0.2, 0.25) is 5.02 Å². The fraction of sp³-hybridized carbons (Fsp3) is 0.0833. The number of carbonyl (C=O) groups is 1. The maximum atomic E-state index is 13.2. The number of benzene rings is 3. The number of ether oxygens (including phenoxy) is 3. The molecule has 33 heavy (non-hydrogen) atoms. The Labute approximate surface area is 213 Å². The fourth-order valence-electron chi connectivity index (χ4n) is 3.39. The molecule has 2 aliphatic heterocycles. The van der Waals surface area contributed by atoms with Gasteiger partial charge in [-0.05, 0) is 42.5 Å². The lowest BCUT2D eigenvalue weighted by Crippen LogP contribution is -2.27. The molecule has 3 aromatic rings. The first kappa shape index (κ1) is 22.3. The topological polar surface area (TPSA) is 48.0 Å². The van der Waals surface area contributed by atoms with Crippen molar-refractivity contribution in [2.45, 2.75) is 6.61 Å². The highest BCUT2D eigenvalue weighted by molar-refractivity contribution is 9.10. The third-order valence-electron chi connectivity index (χ3n) is 5.01. The Balaban J connectivity index is 1.42. The van der Waals surface area contributed by atoms with E-state index in [4.69, 9.17) is 38.0 Å². The average Bonchev–Trinajstić information content (AvgIpc) is 3.37. The van der Waals surface area contributed by atoms with Gasteiger partial charge in [-0.1, -0.05) is 69.7 Å². The van der Waals surface area contributed by atoms with Gasteiger partial charge in [0.1, 0.15) is 12.4 Å². The lowest BCUT2D eigenvalue weighted by Gasteiger charge is -2.15. The molecular weight excluding hydrogens is 546 g/mol. The van der Waals surface area contributed by atoms with E-state index in [9.17, 15) is 4.79 Å². The minimum atomic E-state index is -0.208. The molecule has 5 rings (SSSR count). The Kier molecular flexibility index (Phi) is 6.34. The van der Waals surface area contributed by atoms with Crippen molar-refractivity contribution in [2.24, 2.45) is 0 Å². The maximum absolute atomic E-state index is 13.2. The molecule has 3 aromatic carbocycles. The second-order valence-corrected chi connectivity index (χ2v) is 10.1. The zero-order chi connectivity index (χ0) is 22.9. The summed E-state index contributed by atoms with van der Waals surface area (Å²) in [6.07, 6.45) is 1.79.